The van der Waals surface area contributed by atoms with Gasteiger partial charge in [-0.25, -0.2) is 13.4 Å². The number of hydrogen-bond acceptors (Lipinski definition) is 7. The number of hydrogen-bond donors (Lipinski definition) is 1. The third kappa shape index (κ3) is 5.38. The minimum atomic E-state index is -5.09. The number of carbonyl (C=O) groups excluding carboxylic acids is 2. The first kappa shape index (κ1) is 26.5. The maximum atomic E-state index is 13.1. The highest BCUT2D eigenvalue weighted by Gasteiger charge is 2.42. The van der Waals surface area contributed by atoms with Gasteiger partial charge in [-0.2, -0.15) is 17.5 Å². The van der Waals surface area contributed by atoms with E-state index in [1.807, 2.05) is 6.92 Å². The molecule has 1 aliphatic heterocycles. The number of aromatic nitrogens is 1. The third-order valence-corrected chi connectivity index (χ3v) is 9.65. The van der Waals surface area contributed by atoms with Gasteiger partial charge in [0, 0.05) is 18.2 Å². The SMILES string of the molecule is CCC1CCCCN1S(=O)(=O)c1ccc(C(=O)Nc2nc(-c3cccs3)c(C(=O)C(F)(F)F)s2)cc1. The van der Waals surface area contributed by atoms with E-state index in [0.29, 0.717) is 29.2 Å². The van der Waals surface area contributed by atoms with E-state index in [4.69, 9.17) is 0 Å². The lowest BCUT2D eigenvalue weighted by Gasteiger charge is -2.34. The maximum Gasteiger partial charge on any atom is 0.455 e. The number of rotatable bonds is 7. The van der Waals surface area contributed by atoms with Crippen molar-refractivity contribution in [3.8, 4) is 10.6 Å². The van der Waals surface area contributed by atoms with Crippen LogP contribution in [-0.2, 0) is 10.0 Å². The number of thiazole rings is 1. The molecule has 1 amide bonds. The number of carbonyl (C=O) groups is 2. The summed E-state index contributed by atoms with van der Waals surface area (Å²) in [5, 5.41) is 3.88. The molecule has 4 rings (SSSR count). The Hall–Kier alpha value is -2.61. The molecule has 1 N–H and O–H groups in total. The Balaban J connectivity index is 1.55. The monoisotopic (exact) mass is 557 g/mol. The van der Waals surface area contributed by atoms with Crippen molar-refractivity contribution < 1.29 is 31.2 Å². The molecule has 7 nitrogen and oxygen atoms in total. The van der Waals surface area contributed by atoms with Crippen LogP contribution < -0.4 is 5.32 Å². The molecule has 1 fully saturated rings. The van der Waals surface area contributed by atoms with Gasteiger partial charge in [0.15, 0.2) is 5.13 Å². The van der Waals surface area contributed by atoms with E-state index in [2.05, 4.69) is 10.3 Å². The molecule has 3 aromatic rings. The van der Waals surface area contributed by atoms with Gasteiger partial charge in [0.05, 0.1) is 9.77 Å². The van der Waals surface area contributed by atoms with Crippen LogP contribution in [0.2, 0.25) is 0 Å². The number of thiophene rings is 1. The van der Waals surface area contributed by atoms with Gasteiger partial charge in [-0.1, -0.05) is 30.7 Å². The summed E-state index contributed by atoms with van der Waals surface area (Å²) >= 11 is 1.55. The molecule has 3 heterocycles. The number of benzene rings is 1. The third-order valence-electron chi connectivity index (χ3n) is 5.83. The molecule has 1 aliphatic rings. The van der Waals surface area contributed by atoms with Crippen molar-refractivity contribution in [2.45, 2.75) is 49.7 Å². The minimum absolute atomic E-state index is 0.0618. The number of anilines is 1. The quantitative estimate of drug-likeness (QED) is 0.369. The van der Waals surface area contributed by atoms with Gasteiger partial charge in [-0.15, -0.1) is 11.3 Å². The second kappa shape index (κ2) is 10.4. The largest absolute Gasteiger partial charge is 0.455 e. The van der Waals surface area contributed by atoms with Crippen molar-refractivity contribution in [2.24, 2.45) is 0 Å². The van der Waals surface area contributed by atoms with Gasteiger partial charge in [-0.3, -0.25) is 14.9 Å². The number of Topliss-reactive ketones (excluding diaryl/α,β-unsaturated/α-hetero) is 1. The zero-order valence-corrected chi connectivity index (χ0v) is 21.5. The van der Waals surface area contributed by atoms with Crippen molar-refractivity contribution in [1.29, 1.82) is 0 Å². The second-order valence-corrected chi connectivity index (χ2v) is 12.0. The van der Waals surface area contributed by atoms with Crippen LogP contribution in [0, 0.1) is 0 Å². The van der Waals surface area contributed by atoms with Gasteiger partial charge in [0.2, 0.25) is 10.0 Å². The van der Waals surface area contributed by atoms with E-state index in [1.165, 1.54) is 34.6 Å². The molecular weight excluding hydrogens is 535 g/mol. The van der Waals surface area contributed by atoms with Crippen molar-refractivity contribution in [3.63, 3.8) is 0 Å². The number of nitrogens with zero attached hydrogens (tertiary/aromatic N) is 2. The van der Waals surface area contributed by atoms with Crippen LogP contribution in [0.4, 0.5) is 18.3 Å². The molecule has 0 aliphatic carbocycles. The number of piperidine rings is 1. The summed E-state index contributed by atoms with van der Waals surface area (Å²) in [5.74, 6) is -2.73. The molecule has 0 radical (unpaired) electrons. The van der Waals surface area contributed by atoms with Crippen molar-refractivity contribution in [3.05, 3.63) is 52.2 Å². The average Bonchev–Trinajstić information content (AvgIpc) is 3.53. The van der Waals surface area contributed by atoms with E-state index in [9.17, 15) is 31.2 Å². The van der Waals surface area contributed by atoms with Gasteiger partial charge >= 0.3 is 6.18 Å². The molecule has 1 saturated heterocycles. The lowest BCUT2D eigenvalue weighted by molar-refractivity contribution is -0.0882. The minimum Gasteiger partial charge on any atom is -0.298 e. The Bertz CT molecular complexity index is 1350. The average molecular weight is 558 g/mol. The summed E-state index contributed by atoms with van der Waals surface area (Å²) in [6.07, 6.45) is -1.82. The fourth-order valence-corrected chi connectivity index (χ4v) is 7.50. The fraction of sp³-hybridized carbons (Fsp3) is 0.348. The molecular formula is C23H22F3N3O4S3. The highest BCUT2D eigenvalue weighted by atomic mass is 32.2. The Morgan fingerprint density at radius 3 is 2.50 bits per heavy atom. The van der Waals surface area contributed by atoms with Crippen LogP contribution in [0.15, 0.2) is 46.7 Å². The molecule has 2 aromatic heterocycles. The molecule has 36 heavy (non-hydrogen) atoms. The van der Waals surface area contributed by atoms with Crippen LogP contribution in [0.1, 0.15) is 52.6 Å². The first-order chi connectivity index (χ1) is 17.0. The highest BCUT2D eigenvalue weighted by Crippen LogP contribution is 2.37. The maximum absolute atomic E-state index is 13.1. The summed E-state index contributed by atoms with van der Waals surface area (Å²) in [4.78, 5) is 28.5. The van der Waals surface area contributed by atoms with Crippen LogP contribution in [-0.4, -0.2) is 48.2 Å². The van der Waals surface area contributed by atoms with Crippen molar-refractivity contribution in [2.75, 3.05) is 11.9 Å². The second-order valence-electron chi connectivity index (χ2n) is 8.15. The molecule has 192 valence electrons. The van der Waals surface area contributed by atoms with Crippen LogP contribution in [0.25, 0.3) is 10.6 Å². The van der Waals surface area contributed by atoms with Crippen LogP contribution in [0.3, 0.4) is 0 Å². The Labute approximate surface area is 214 Å². The molecule has 0 spiro atoms. The first-order valence-electron chi connectivity index (χ1n) is 11.1. The predicted molar refractivity (Wildman–Crippen MR) is 132 cm³/mol. The van der Waals surface area contributed by atoms with Gasteiger partial charge in [0.1, 0.15) is 10.6 Å². The van der Waals surface area contributed by atoms with E-state index >= 15 is 0 Å². The first-order valence-corrected chi connectivity index (χ1v) is 14.3. The number of alkyl halides is 3. The van der Waals surface area contributed by atoms with E-state index < -0.39 is 32.8 Å². The predicted octanol–water partition coefficient (Wildman–Crippen LogP) is 5.82. The number of ketones is 1. The molecule has 1 aromatic carbocycles. The number of sulfonamides is 1. The van der Waals surface area contributed by atoms with Crippen molar-refractivity contribution >= 4 is 49.5 Å². The highest BCUT2D eigenvalue weighted by molar-refractivity contribution is 7.89. The lowest BCUT2D eigenvalue weighted by atomic mass is 10.0. The van der Waals surface area contributed by atoms with Crippen LogP contribution >= 0.6 is 22.7 Å². The topological polar surface area (TPSA) is 96.4 Å². The van der Waals surface area contributed by atoms with Crippen LogP contribution in [0.5, 0.6) is 0 Å². The van der Waals surface area contributed by atoms with E-state index in [0.717, 1.165) is 30.6 Å². The van der Waals surface area contributed by atoms with Crippen molar-refractivity contribution in [1.82, 2.24) is 9.29 Å². The molecule has 0 bridgehead atoms. The molecule has 13 heteroatoms. The number of nitrogens with one attached hydrogen (secondary N) is 1. The number of halogens is 3. The van der Waals surface area contributed by atoms with Gasteiger partial charge in [0.25, 0.3) is 11.7 Å². The standard InChI is InChI=1S/C23H22F3N3O4S3/c1-2-15-6-3-4-12-29(15)36(32,33)16-10-8-14(9-11-16)21(31)28-22-27-18(17-7-5-13-34-17)19(35-22)20(30)23(24,25)26/h5,7-11,13,15H,2-4,6,12H2,1H3,(H,27,28,31). The molecule has 1 atom stereocenters. The van der Waals surface area contributed by atoms with Gasteiger partial charge in [-0.05, 0) is 55.0 Å². The Morgan fingerprint density at radius 2 is 1.89 bits per heavy atom. The summed E-state index contributed by atoms with van der Waals surface area (Å²) < 4.78 is 67.1. The lowest BCUT2D eigenvalue weighted by Crippen LogP contribution is -2.43. The smallest absolute Gasteiger partial charge is 0.298 e. The molecule has 1 unspecified atom stereocenters. The zero-order valence-electron chi connectivity index (χ0n) is 19.0. The summed E-state index contributed by atoms with van der Waals surface area (Å²) in [6.45, 7) is 2.39. The Kier molecular flexibility index (Phi) is 7.64. The van der Waals surface area contributed by atoms with E-state index in [-0.39, 0.29) is 27.3 Å². The normalized spacial score (nSPS) is 17.2. The zero-order chi connectivity index (χ0) is 26.1. The summed E-state index contributed by atoms with van der Waals surface area (Å²) in [7, 11) is -3.73. The van der Waals surface area contributed by atoms with Gasteiger partial charge < -0.3 is 0 Å². The Morgan fingerprint density at radius 1 is 1.17 bits per heavy atom. The van der Waals surface area contributed by atoms with E-state index in [1.54, 1.807) is 11.4 Å². The summed E-state index contributed by atoms with van der Waals surface area (Å²) in [5.41, 5.74) is -0.0581. The fourth-order valence-electron chi connectivity index (χ4n) is 4.02. The number of amides is 1. The molecule has 0 saturated carbocycles. The summed E-state index contributed by atoms with van der Waals surface area (Å²) in [6, 6.07) is 8.42.